The molecule has 1 heterocycles. The summed E-state index contributed by atoms with van der Waals surface area (Å²) in [6.45, 7) is 6.31. The summed E-state index contributed by atoms with van der Waals surface area (Å²) >= 11 is 0. The van der Waals surface area contributed by atoms with Crippen molar-refractivity contribution >= 4 is 0 Å². The molecule has 1 aliphatic rings. The molecule has 3 heteroatoms. The number of benzene rings is 1. The summed E-state index contributed by atoms with van der Waals surface area (Å²) in [5.41, 5.74) is 7.26. The van der Waals surface area contributed by atoms with Crippen molar-refractivity contribution in [1.82, 2.24) is 0 Å². The Morgan fingerprint density at radius 1 is 1.26 bits per heavy atom. The molecule has 0 spiro atoms. The van der Waals surface area contributed by atoms with Gasteiger partial charge in [0.05, 0.1) is 12.2 Å². The second kappa shape index (κ2) is 6.40. The predicted molar refractivity (Wildman–Crippen MR) is 77.3 cm³/mol. The van der Waals surface area contributed by atoms with Crippen molar-refractivity contribution in [3.8, 4) is 5.75 Å². The van der Waals surface area contributed by atoms with Gasteiger partial charge in [-0.25, -0.2) is 0 Å². The summed E-state index contributed by atoms with van der Waals surface area (Å²) in [6.07, 6.45) is 3.56. The van der Waals surface area contributed by atoms with Gasteiger partial charge in [0, 0.05) is 24.4 Å². The fourth-order valence-electron chi connectivity index (χ4n) is 2.73. The van der Waals surface area contributed by atoms with Crippen LogP contribution in [0.15, 0.2) is 24.3 Å². The Kier molecular flexibility index (Phi) is 4.83. The summed E-state index contributed by atoms with van der Waals surface area (Å²) in [4.78, 5) is 0. The lowest BCUT2D eigenvalue weighted by Crippen LogP contribution is -2.36. The molecular formula is C16H25NO2. The smallest absolute Gasteiger partial charge is 0.124 e. The first-order valence-corrected chi connectivity index (χ1v) is 7.26. The Morgan fingerprint density at radius 2 is 1.89 bits per heavy atom. The van der Waals surface area contributed by atoms with Gasteiger partial charge in [-0.1, -0.05) is 25.1 Å². The minimum absolute atomic E-state index is 0.0471. The minimum Gasteiger partial charge on any atom is -0.490 e. The topological polar surface area (TPSA) is 44.5 Å². The van der Waals surface area contributed by atoms with Gasteiger partial charge >= 0.3 is 0 Å². The number of hydrogen-bond donors (Lipinski definition) is 1. The summed E-state index contributed by atoms with van der Waals surface area (Å²) < 4.78 is 11.9. The summed E-state index contributed by atoms with van der Waals surface area (Å²) in [7, 11) is 0. The number of nitrogens with two attached hydrogens (primary N) is 1. The van der Waals surface area contributed by atoms with Crippen LogP contribution in [-0.4, -0.2) is 18.3 Å². The molecule has 19 heavy (non-hydrogen) atoms. The van der Waals surface area contributed by atoms with E-state index in [0.29, 0.717) is 0 Å². The molecule has 2 unspecified atom stereocenters. The van der Waals surface area contributed by atoms with Crippen molar-refractivity contribution in [3.05, 3.63) is 29.8 Å². The molecule has 1 saturated heterocycles. The second-order valence-corrected chi connectivity index (χ2v) is 5.52. The van der Waals surface area contributed by atoms with Crippen molar-refractivity contribution in [3.63, 3.8) is 0 Å². The zero-order valence-electron chi connectivity index (χ0n) is 12.1. The maximum absolute atomic E-state index is 6.19. The van der Waals surface area contributed by atoms with Crippen LogP contribution in [0.2, 0.25) is 0 Å². The van der Waals surface area contributed by atoms with E-state index in [1.165, 1.54) is 0 Å². The fraction of sp³-hybridized carbons (Fsp3) is 0.625. The summed E-state index contributed by atoms with van der Waals surface area (Å²) in [5.74, 6) is 0.933. The van der Waals surface area contributed by atoms with Gasteiger partial charge in [-0.2, -0.15) is 0 Å². The SMILES string of the molecule is CC[C@@H](N)c1ccccc1OC1CC(C)OC(C)C1. The molecule has 1 aliphatic heterocycles. The van der Waals surface area contributed by atoms with Crippen LogP contribution in [0.5, 0.6) is 5.75 Å². The van der Waals surface area contributed by atoms with E-state index >= 15 is 0 Å². The standard InChI is InChI=1S/C16H25NO2/c1-4-15(17)14-7-5-6-8-16(14)19-13-9-11(2)18-12(3)10-13/h5-8,11-13,15H,4,9-10,17H2,1-3H3/t11?,12?,13?,15-/m1/s1. The summed E-state index contributed by atoms with van der Waals surface area (Å²) in [5, 5.41) is 0. The lowest BCUT2D eigenvalue weighted by Gasteiger charge is -2.33. The largest absolute Gasteiger partial charge is 0.490 e. The molecule has 1 aromatic carbocycles. The normalized spacial score (nSPS) is 28.9. The fourth-order valence-corrected chi connectivity index (χ4v) is 2.73. The number of para-hydroxylation sites is 1. The van der Waals surface area contributed by atoms with Crippen molar-refractivity contribution in [2.24, 2.45) is 5.73 Å². The van der Waals surface area contributed by atoms with E-state index in [4.69, 9.17) is 15.2 Å². The molecule has 106 valence electrons. The zero-order valence-corrected chi connectivity index (χ0v) is 12.1. The third kappa shape index (κ3) is 3.71. The average Bonchev–Trinajstić information content (AvgIpc) is 2.37. The van der Waals surface area contributed by atoms with Gasteiger partial charge in [0.15, 0.2) is 0 Å². The van der Waals surface area contributed by atoms with Crippen molar-refractivity contribution in [1.29, 1.82) is 0 Å². The molecule has 1 fully saturated rings. The highest BCUT2D eigenvalue weighted by molar-refractivity contribution is 5.35. The highest BCUT2D eigenvalue weighted by atomic mass is 16.5. The van der Waals surface area contributed by atoms with E-state index in [1.807, 2.05) is 18.2 Å². The van der Waals surface area contributed by atoms with Crippen LogP contribution in [0.4, 0.5) is 0 Å². The third-order valence-electron chi connectivity index (χ3n) is 3.71. The van der Waals surface area contributed by atoms with Gasteiger partial charge in [0.1, 0.15) is 11.9 Å². The Hall–Kier alpha value is -1.06. The van der Waals surface area contributed by atoms with E-state index in [2.05, 4.69) is 26.8 Å². The van der Waals surface area contributed by atoms with Crippen molar-refractivity contribution in [2.75, 3.05) is 0 Å². The van der Waals surface area contributed by atoms with E-state index in [1.54, 1.807) is 0 Å². The maximum Gasteiger partial charge on any atom is 0.124 e. The molecule has 3 nitrogen and oxygen atoms in total. The quantitative estimate of drug-likeness (QED) is 0.905. The molecular weight excluding hydrogens is 238 g/mol. The molecule has 0 radical (unpaired) electrons. The molecule has 0 aliphatic carbocycles. The number of hydrogen-bond acceptors (Lipinski definition) is 3. The predicted octanol–water partition coefficient (Wildman–Crippen LogP) is 3.43. The third-order valence-corrected chi connectivity index (χ3v) is 3.71. The molecule has 2 rings (SSSR count). The molecule has 0 bridgehead atoms. The van der Waals surface area contributed by atoms with Gasteiger partial charge in [-0.15, -0.1) is 0 Å². The van der Waals surface area contributed by atoms with Gasteiger partial charge < -0.3 is 15.2 Å². The van der Waals surface area contributed by atoms with Crippen LogP contribution in [0.25, 0.3) is 0 Å². The van der Waals surface area contributed by atoms with E-state index in [0.717, 1.165) is 30.6 Å². The van der Waals surface area contributed by atoms with E-state index in [-0.39, 0.29) is 24.4 Å². The van der Waals surface area contributed by atoms with Crippen LogP contribution in [0.1, 0.15) is 51.6 Å². The number of rotatable bonds is 4. The lowest BCUT2D eigenvalue weighted by molar-refractivity contribution is -0.0723. The van der Waals surface area contributed by atoms with Crippen molar-refractivity contribution in [2.45, 2.75) is 64.4 Å². The van der Waals surface area contributed by atoms with Gasteiger partial charge in [0.25, 0.3) is 0 Å². The van der Waals surface area contributed by atoms with Crippen molar-refractivity contribution < 1.29 is 9.47 Å². The molecule has 0 amide bonds. The molecule has 3 atom stereocenters. The first-order valence-electron chi connectivity index (χ1n) is 7.26. The second-order valence-electron chi connectivity index (χ2n) is 5.52. The van der Waals surface area contributed by atoms with E-state index < -0.39 is 0 Å². The Morgan fingerprint density at radius 3 is 2.53 bits per heavy atom. The minimum atomic E-state index is 0.0471. The molecule has 0 saturated carbocycles. The van der Waals surface area contributed by atoms with Crippen LogP contribution in [0.3, 0.4) is 0 Å². The first kappa shape index (κ1) is 14.4. The molecule has 0 aromatic heterocycles. The molecule has 1 aromatic rings. The van der Waals surface area contributed by atoms with Crippen LogP contribution in [-0.2, 0) is 4.74 Å². The van der Waals surface area contributed by atoms with E-state index in [9.17, 15) is 0 Å². The first-order chi connectivity index (χ1) is 9.10. The highest BCUT2D eigenvalue weighted by Gasteiger charge is 2.26. The Labute approximate surface area is 116 Å². The highest BCUT2D eigenvalue weighted by Crippen LogP contribution is 2.29. The zero-order chi connectivity index (χ0) is 13.8. The van der Waals surface area contributed by atoms with Crippen LogP contribution >= 0.6 is 0 Å². The maximum atomic E-state index is 6.19. The number of ether oxygens (including phenoxy) is 2. The lowest BCUT2D eigenvalue weighted by atomic mass is 10.0. The van der Waals surface area contributed by atoms with Gasteiger partial charge in [-0.3, -0.25) is 0 Å². The Bertz CT molecular complexity index is 397. The van der Waals surface area contributed by atoms with Gasteiger partial charge in [0.2, 0.25) is 0 Å². The monoisotopic (exact) mass is 263 g/mol. The average molecular weight is 263 g/mol. The van der Waals surface area contributed by atoms with Crippen LogP contribution in [0, 0.1) is 0 Å². The molecule has 2 N–H and O–H groups in total. The Balaban J connectivity index is 2.10. The van der Waals surface area contributed by atoms with Crippen LogP contribution < -0.4 is 10.5 Å². The van der Waals surface area contributed by atoms with Gasteiger partial charge in [-0.05, 0) is 26.3 Å². The summed E-state index contributed by atoms with van der Waals surface area (Å²) in [6, 6.07) is 8.16.